The Balaban J connectivity index is 1.85. The highest BCUT2D eigenvalue weighted by molar-refractivity contribution is 7.91. The zero-order chi connectivity index (χ0) is 17.4. The summed E-state index contributed by atoms with van der Waals surface area (Å²) in [5.41, 5.74) is 2.69. The van der Waals surface area contributed by atoms with Crippen molar-refractivity contribution in [2.24, 2.45) is 4.99 Å². The molecule has 1 N–H and O–H groups in total. The van der Waals surface area contributed by atoms with Crippen LogP contribution in [0.4, 0.5) is 0 Å². The molecule has 0 bridgehead atoms. The predicted octanol–water partition coefficient (Wildman–Crippen LogP) is 2.18. The van der Waals surface area contributed by atoms with Gasteiger partial charge in [0.15, 0.2) is 15.8 Å². The monoisotopic (exact) mass is 349 g/mol. The molecule has 0 amide bonds. The summed E-state index contributed by atoms with van der Waals surface area (Å²) in [6, 6.07) is 10.4. The molecule has 0 aromatic heterocycles. The lowest BCUT2D eigenvalue weighted by Crippen LogP contribution is -2.45. The molecule has 132 valence electrons. The average Bonchev–Trinajstić information content (AvgIpc) is 2.60. The van der Waals surface area contributed by atoms with Gasteiger partial charge in [0.05, 0.1) is 5.75 Å². The van der Waals surface area contributed by atoms with Crippen molar-refractivity contribution in [3.63, 3.8) is 0 Å². The van der Waals surface area contributed by atoms with Crippen LogP contribution >= 0.6 is 0 Å². The van der Waals surface area contributed by atoms with Gasteiger partial charge in [-0.05, 0) is 18.4 Å². The minimum atomic E-state index is -2.94. The molecule has 1 aromatic carbocycles. The Bertz CT molecular complexity index is 671. The number of sulfone groups is 1. The van der Waals surface area contributed by atoms with E-state index in [0.717, 1.165) is 31.9 Å². The summed E-state index contributed by atoms with van der Waals surface area (Å²) in [6.07, 6.45) is 4.27. The number of rotatable bonds is 5. The van der Waals surface area contributed by atoms with E-state index in [2.05, 4.69) is 45.6 Å². The third-order valence-electron chi connectivity index (χ3n) is 4.22. The summed E-state index contributed by atoms with van der Waals surface area (Å²) >= 11 is 0. The first-order valence-corrected chi connectivity index (χ1v) is 10.3. The molecule has 5 nitrogen and oxygen atoms in total. The number of likely N-dealkylation sites (tertiary alicyclic amines) is 1. The molecule has 0 radical (unpaired) electrons. The second kappa shape index (κ2) is 8.87. The topological polar surface area (TPSA) is 61.8 Å². The average molecular weight is 350 g/mol. The van der Waals surface area contributed by atoms with Crippen molar-refractivity contribution >= 4 is 21.9 Å². The van der Waals surface area contributed by atoms with Gasteiger partial charge in [-0.2, -0.15) is 0 Å². The third-order valence-corrected chi connectivity index (χ3v) is 5.93. The fourth-order valence-corrected chi connectivity index (χ4v) is 3.43. The van der Waals surface area contributed by atoms with E-state index in [0.29, 0.717) is 6.54 Å². The van der Waals surface area contributed by atoms with Gasteiger partial charge in [-0.1, -0.05) is 48.9 Å². The number of piperidine rings is 1. The van der Waals surface area contributed by atoms with Crippen LogP contribution in [0.15, 0.2) is 40.9 Å². The lowest BCUT2D eigenvalue weighted by atomic mass is 10.0. The molecular weight excluding hydrogens is 322 g/mol. The van der Waals surface area contributed by atoms with Crippen molar-refractivity contribution in [2.75, 3.05) is 38.2 Å². The van der Waals surface area contributed by atoms with E-state index in [1.165, 1.54) is 11.1 Å². The first-order chi connectivity index (χ1) is 11.5. The minimum Gasteiger partial charge on any atom is -0.355 e. The Kier molecular flexibility index (Phi) is 6.85. The molecule has 1 saturated heterocycles. The normalized spacial score (nSPS) is 16.2. The summed E-state index contributed by atoms with van der Waals surface area (Å²) in [5.74, 6) is 1.13. The van der Waals surface area contributed by atoms with Crippen molar-refractivity contribution in [3.05, 3.63) is 41.5 Å². The van der Waals surface area contributed by atoms with Crippen molar-refractivity contribution < 1.29 is 8.42 Å². The molecular formula is C18H27N3O2S. The van der Waals surface area contributed by atoms with Crippen molar-refractivity contribution in [1.29, 1.82) is 0 Å². The number of hydrogen-bond acceptors (Lipinski definition) is 3. The van der Waals surface area contributed by atoms with Crippen LogP contribution in [-0.2, 0) is 9.84 Å². The summed E-state index contributed by atoms with van der Waals surface area (Å²) in [4.78, 5) is 6.48. The highest BCUT2D eigenvalue weighted by Crippen LogP contribution is 2.19. The van der Waals surface area contributed by atoms with E-state index >= 15 is 0 Å². The highest BCUT2D eigenvalue weighted by Gasteiger charge is 2.17. The molecule has 1 aliphatic rings. The van der Waals surface area contributed by atoms with Gasteiger partial charge >= 0.3 is 0 Å². The summed E-state index contributed by atoms with van der Waals surface area (Å²) < 4.78 is 23.1. The molecule has 0 aliphatic carbocycles. The molecule has 24 heavy (non-hydrogen) atoms. The largest absolute Gasteiger partial charge is 0.355 e. The van der Waals surface area contributed by atoms with Gasteiger partial charge in [0.25, 0.3) is 0 Å². The standard InChI is InChI=1S/C18H27N3O2S/c1-3-24(22,23)14-11-20-18(19-2)21-12-9-17(10-13-21)15-16-7-5-4-6-8-16/h4-8,15H,3,9-14H2,1-2H3,(H,19,20). The van der Waals surface area contributed by atoms with Gasteiger partial charge in [0.1, 0.15) is 0 Å². The van der Waals surface area contributed by atoms with E-state index in [1.54, 1.807) is 14.0 Å². The molecule has 6 heteroatoms. The van der Waals surface area contributed by atoms with Gasteiger partial charge in [-0.25, -0.2) is 8.42 Å². The first-order valence-electron chi connectivity index (χ1n) is 8.44. The number of hydrogen-bond donors (Lipinski definition) is 1. The summed E-state index contributed by atoms with van der Waals surface area (Å²) in [7, 11) is -1.20. The van der Waals surface area contributed by atoms with Crippen molar-refractivity contribution in [3.8, 4) is 0 Å². The van der Waals surface area contributed by atoms with E-state index < -0.39 is 9.84 Å². The Morgan fingerprint density at radius 2 is 1.92 bits per heavy atom. The SMILES string of the molecule is CCS(=O)(=O)CCNC(=NC)N1CCC(=Cc2ccccc2)CC1. The lowest BCUT2D eigenvalue weighted by Gasteiger charge is -2.31. The molecule has 0 spiro atoms. The molecule has 0 saturated carbocycles. The summed E-state index contributed by atoms with van der Waals surface area (Å²) in [6.45, 7) is 3.89. The number of aliphatic imine (C=N–C) groups is 1. The molecule has 1 fully saturated rings. The second-order valence-corrected chi connectivity index (χ2v) is 8.38. The third kappa shape index (κ3) is 5.67. The van der Waals surface area contributed by atoms with Gasteiger partial charge in [0.2, 0.25) is 0 Å². The minimum absolute atomic E-state index is 0.148. The van der Waals surface area contributed by atoms with E-state index in [1.807, 2.05) is 6.07 Å². The van der Waals surface area contributed by atoms with Gasteiger partial charge in [0, 0.05) is 32.4 Å². The Morgan fingerprint density at radius 3 is 2.50 bits per heavy atom. The number of nitrogens with one attached hydrogen (secondary N) is 1. The Labute approximate surface area is 145 Å². The highest BCUT2D eigenvalue weighted by atomic mass is 32.2. The summed E-state index contributed by atoms with van der Waals surface area (Å²) in [5, 5.41) is 3.17. The van der Waals surface area contributed by atoms with Gasteiger partial charge in [-0.15, -0.1) is 0 Å². The maximum absolute atomic E-state index is 11.6. The van der Waals surface area contributed by atoms with E-state index in [-0.39, 0.29) is 11.5 Å². The van der Waals surface area contributed by atoms with Crippen LogP contribution in [0.25, 0.3) is 6.08 Å². The number of nitrogens with zero attached hydrogens (tertiary/aromatic N) is 2. The Hall–Kier alpha value is -1.82. The van der Waals surface area contributed by atoms with Gasteiger partial charge < -0.3 is 10.2 Å². The zero-order valence-corrected chi connectivity index (χ0v) is 15.3. The fraction of sp³-hybridized carbons (Fsp3) is 0.500. The van der Waals surface area contributed by atoms with Crippen molar-refractivity contribution in [2.45, 2.75) is 19.8 Å². The van der Waals surface area contributed by atoms with E-state index in [4.69, 9.17) is 0 Å². The molecule has 1 aliphatic heterocycles. The molecule has 1 aromatic rings. The number of benzene rings is 1. The quantitative estimate of drug-likeness (QED) is 0.654. The van der Waals surface area contributed by atoms with Crippen LogP contribution in [0.5, 0.6) is 0 Å². The van der Waals surface area contributed by atoms with Crippen LogP contribution < -0.4 is 5.32 Å². The molecule has 0 unspecified atom stereocenters. The van der Waals surface area contributed by atoms with Crippen LogP contribution in [0.3, 0.4) is 0 Å². The smallest absolute Gasteiger partial charge is 0.193 e. The van der Waals surface area contributed by atoms with Crippen LogP contribution in [0.2, 0.25) is 0 Å². The first kappa shape index (κ1) is 18.5. The number of guanidine groups is 1. The van der Waals surface area contributed by atoms with Gasteiger partial charge in [-0.3, -0.25) is 4.99 Å². The Morgan fingerprint density at radius 1 is 1.25 bits per heavy atom. The predicted molar refractivity (Wildman–Crippen MR) is 101 cm³/mol. The van der Waals surface area contributed by atoms with Crippen LogP contribution in [-0.4, -0.2) is 57.5 Å². The maximum atomic E-state index is 11.6. The maximum Gasteiger partial charge on any atom is 0.193 e. The molecule has 2 rings (SSSR count). The zero-order valence-electron chi connectivity index (χ0n) is 14.5. The van der Waals surface area contributed by atoms with Crippen LogP contribution in [0, 0.1) is 0 Å². The van der Waals surface area contributed by atoms with Crippen molar-refractivity contribution in [1.82, 2.24) is 10.2 Å². The lowest BCUT2D eigenvalue weighted by molar-refractivity contribution is 0.376. The fourth-order valence-electron chi connectivity index (χ4n) is 2.73. The van der Waals surface area contributed by atoms with Crippen LogP contribution in [0.1, 0.15) is 25.3 Å². The molecule has 1 heterocycles. The van der Waals surface area contributed by atoms with E-state index in [9.17, 15) is 8.42 Å². The second-order valence-electron chi connectivity index (χ2n) is 5.91. The molecule has 0 atom stereocenters.